The molecule has 21 heavy (non-hydrogen) atoms. The molecule has 2 N–H and O–H groups in total. The smallest absolute Gasteiger partial charge is 0.339 e. The van der Waals surface area contributed by atoms with Crippen LogP contribution in [0.1, 0.15) is 15.9 Å². The molecule has 0 atom stereocenters. The number of carboxylic acids is 1. The average Bonchev–Trinajstić information content (AvgIpc) is 2.95. The van der Waals surface area contributed by atoms with E-state index in [2.05, 4.69) is 15.5 Å². The van der Waals surface area contributed by atoms with Crippen molar-refractivity contribution in [3.05, 3.63) is 47.7 Å². The van der Waals surface area contributed by atoms with E-state index in [0.29, 0.717) is 11.5 Å². The van der Waals surface area contributed by atoms with E-state index in [1.54, 1.807) is 24.4 Å². The molecule has 0 amide bonds. The van der Waals surface area contributed by atoms with E-state index in [1.807, 2.05) is 6.07 Å². The normalized spacial score (nSPS) is 12.6. The Morgan fingerprint density at radius 1 is 1.33 bits per heavy atom. The van der Waals surface area contributed by atoms with Gasteiger partial charge in [-0.3, -0.25) is 5.43 Å². The van der Waals surface area contributed by atoms with Gasteiger partial charge in [0, 0.05) is 6.20 Å². The number of nitrogens with one attached hydrogen (secondary N) is 1. The highest BCUT2D eigenvalue weighted by molar-refractivity contribution is 5.93. The fourth-order valence-corrected chi connectivity index (χ4v) is 1.83. The molecule has 7 nitrogen and oxygen atoms in total. The van der Waals surface area contributed by atoms with Crippen molar-refractivity contribution in [3.63, 3.8) is 0 Å². The van der Waals surface area contributed by atoms with E-state index >= 15 is 0 Å². The number of nitrogens with zero attached hydrogens (tertiary/aromatic N) is 2. The monoisotopic (exact) mass is 285 g/mol. The van der Waals surface area contributed by atoms with Gasteiger partial charge in [0.1, 0.15) is 5.56 Å². The van der Waals surface area contributed by atoms with Crippen LogP contribution in [0, 0.1) is 0 Å². The van der Waals surface area contributed by atoms with Gasteiger partial charge in [0.25, 0.3) is 0 Å². The van der Waals surface area contributed by atoms with Crippen LogP contribution in [0.2, 0.25) is 0 Å². The Balaban J connectivity index is 1.74. The highest BCUT2D eigenvalue weighted by atomic mass is 16.7. The van der Waals surface area contributed by atoms with E-state index in [4.69, 9.17) is 14.6 Å². The minimum Gasteiger partial charge on any atom is -0.478 e. The van der Waals surface area contributed by atoms with Crippen LogP contribution >= 0.6 is 0 Å². The molecular formula is C14H11N3O4. The number of ether oxygens (including phenoxy) is 2. The lowest BCUT2D eigenvalue weighted by Crippen LogP contribution is -2.04. The van der Waals surface area contributed by atoms with Gasteiger partial charge in [-0.15, -0.1) is 0 Å². The van der Waals surface area contributed by atoms with Crippen molar-refractivity contribution in [2.75, 3.05) is 12.2 Å². The summed E-state index contributed by atoms with van der Waals surface area (Å²) in [5, 5.41) is 13.0. The molecule has 1 aromatic heterocycles. The number of hydrazone groups is 1. The number of aromatic carboxylic acids is 1. The molecule has 2 aromatic rings. The third kappa shape index (κ3) is 2.76. The van der Waals surface area contributed by atoms with Gasteiger partial charge >= 0.3 is 5.97 Å². The summed E-state index contributed by atoms with van der Waals surface area (Å²) in [7, 11) is 0. The molecule has 0 spiro atoms. The number of hydrogen-bond acceptors (Lipinski definition) is 6. The summed E-state index contributed by atoms with van der Waals surface area (Å²) in [6, 6.07) is 8.39. The summed E-state index contributed by atoms with van der Waals surface area (Å²) < 4.78 is 10.5. The first-order valence-electron chi connectivity index (χ1n) is 6.11. The summed E-state index contributed by atoms with van der Waals surface area (Å²) in [5.74, 6) is 0.465. The molecule has 0 saturated heterocycles. The van der Waals surface area contributed by atoms with Crippen molar-refractivity contribution in [1.82, 2.24) is 4.98 Å². The lowest BCUT2D eigenvalue weighted by molar-refractivity contribution is 0.0697. The SMILES string of the molecule is O=C(O)c1cccnc1N/N=C/c1ccc2c(c1)OCO2. The summed E-state index contributed by atoms with van der Waals surface area (Å²) >= 11 is 0. The Kier molecular flexibility index (Phi) is 3.38. The van der Waals surface area contributed by atoms with Crippen molar-refractivity contribution in [1.29, 1.82) is 0 Å². The number of hydrogen-bond donors (Lipinski definition) is 2. The fraction of sp³-hybridized carbons (Fsp3) is 0.0714. The maximum absolute atomic E-state index is 11.0. The van der Waals surface area contributed by atoms with Gasteiger partial charge in [-0.05, 0) is 35.9 Å². The van der Waals surface area contributed by atoms with Gasteiger partial charge in [-0.2, -0.15) is 5.10 Å². The zero-order valence-electron chi connectivity index (χ0n) is 10.8. The summed E-state index contributed by atoms with van der Waals surface area (Å²) in [6.45, 7) is 0.212. The molecule has 0 bridgehead atoms. The predicted molar refractivity (Wildman–Crippen MR) is 75.0 cm³/mol. The molecule has 0 radical (unpaired) electrons. The van der Waals surface area contributed by atoms with E-state index < -0.39 is 5.97 Å². The molecule has 0 aliphatic carbocycles. The second-order valence-corrected chi connectivity index (χ2v) is 4.19. The number of benzene rings is 1. The minimum absolute atomic E-state index is 0.0559. The maximum Gasteiger partial charge on any atom is 0.339 e. The van der Waals surface area contributed by atoms with Crippen LogP contribution in [0.25, 0.3) is 0 Å². The molecule has 0 fully saturated rings. The number of fused-ring (bicyclic) bond motifs is 1. The highest BCUT2D eigenvalue weighted by Gasteiger charge is 2.12. The Morgan fingerprint density at radius 3 is 3.05 bits per heavy atom. The molecule has 1 aromatic carbocycles. The number of rotatable bonds is 4. The van der Waals surface area contributed by atoms with Crippen molar-refractivity contribution in [2.24, 2.45) is 5.10 Å². The maximum atomic E-state index is 11.0. The van der Waals surface area contributed by atoms with E-state index in [-0.39, 0.29) is 18.2 Å². The van der Waals surface area contributed by atoms with Crippen LogP contribution in [0.3, 0.4) is 0 Å². The average molecular weight is 285 g/mol. The lowest BCUT2D eigenvalue weighted by Gasteiger charge is -2.03. The fourth-order valence-electron chi connectivity index (χ4n) is 1.83. The largest absolute Gasteiger partial charge is 0.478 e. The third-order valence-corrected chi connectivity index (χ3v) is 2.82. The van der Waals surface area contributed by atoms with Crippen molar-refractivity contribution in [2.45, 2.75) is 0 Å². The van der Waals surface area contributed by atoms with Crippen LogP contribution in [0.4, 0.5) is 5.82 Å². The summed E-state index contributed by atoms with van der Waals surface area (Å²) in [5.41, 5.74) is 3.46. The molecule has 0 saturated carbocycles. The van der Waals surface area contributed by atoms with Crippen LogP contribution in [-0.4, -0.2) is 29.1 Å². The summed E-state index contributed by atoms with van der Waals surface area (Å²) in [4.78, 5) is 15.0. The van der Waals surface area contributed by atoms with Crippen LogP contribution < -0.4 is 14.9 Å². The van der Waals surface area contributed by atoms with Gasteiger partial charge in [-0.1, -0.05) is 0 Å². The number of pyridine rings is 1. The first kappa shape index (κ1) is 12.9. The molecule has 3 rings (SSSR count). The topological polar surface area (TPSA) is 93.0 Å². The molecule has 1 aliphatic rings. The number of carbonyl (C=O) groups is 1. The second kappa shape index (κ2) is 5.49. The first-order chi connectivity index (χ1) is 10.2. The highest BCUT2D eigenvalue weighted by Crippen LogP contribution is 2.31. The van der Waals surface area contributed by atoms with Gasteiger partial charge < -0.3 is 14.6 Å². The van der Waals surface area contributed by atoms with Crippen LogP contribution in [-0.2, 0) is 0 Å². The Labute approximate surface area is 119 Å². The Hall–Kier alpha value is -3.09. The van der Waals surface area contributed by atoms with Gasteiger partial charge in [-0.25, -0.2) is 9.78 Å². The van der Waals surface area contributed by atoms with Gasteiger partial charge in [0.15, 0.2) is 17.3 Å². The predicted octanol–water partition coefficient (Wildman–Crippen LogP) is 1.95. The molecule has 7 heteroatoms. The van der Waals surface area contributed by atoms with Crippen molar-refractivity contribution < 1.29 is 19.4 Å². The minimum atomic E-state index is -1.07. The molecule has 1 aliphatic heterocycles. The second-order valence-electron chi connectivity index (χ2n) is 4.19. The van der Waals surface area contributed by atoms with E-state index in [9.17, 15) is 4.79 Å². The van der Waals surface area contributed by atoms with Gasteiger partial charge in [0.2, 0.25) is 6.79 Å². The number of carboxylic acid groups (broad SMARTS) is 1. The Morgan fingerprint density at radius 2 is 2.19 bits per heavy atom. The number of aromatic nitrogens is 1. The van der Waals surface area contributed by atoms with E-state index in [1.165, 1.54) is 12.3 Å². The molecule has 2 heterocycles. The zero-order valence-corrected chi connectivity index (χ0v) is 10.8. The summed E-state index contributed by atoms with van der Waals surface area (Å²) in [6.07, 6.45) is 3.03. The van der Waals surface area contributed by atoms with Crippen LogP contribution in [0.5, 0.6) is 11.5 Å². The Bertz CT molecular complexity index is 715. The lowest BCUT2D eigenvalue weighted by atomic mass is 10.2. The third-order valence-electron chi connectivity index (χ3n) is 2.82. The molecule has 106 valence electrons. The first-order valence-corrected chi connectivity index (χ1v) is 6.11. The molecular weight excluding hydrogens is 274 g/mol. The number of anilines is 1. The standard InChI is InChI=1S/C14H11N3O4/c18-14(19)10-2-1-5-15-13(10)17-16-7-9-3-4-11-12(6-9)21-8-20-11/h1-7H,8H2,(H,15,17)(H,18,19)/b16-7+. The van der Waals surface area contributed by atoms with Crippen molar-refractivity contribution >= 4 is 18.0 Å². The van der Waals surface area contributed by atoms with Crippen molar-refractivity contribution in [3.8, 4) is 11.5 Å². The van der Waals surface area contributed by atoms with E-state index in [0.717, 1.165) is 5.56 Å². The quantitative estimate of drug-likeness (QED) is 0.659. The zero-order chi connectivity index (χ0) is 14.7. The van der Waals surface area contributed by atoms with Gasteiger partial charge in [0.05, 0.1) is 6.21 Å². The molecule has 0 unspecified atom stereocenters. The van der Waals surface area contributed by atoms with Crippen LogP contribution in [0.15, 0.2) is 41.6 Å².